The standard InChI is InChI=1S/C13H14O4/c1-2-16-12(14)11-13(17-11)8-15-7-9-5-3-4-6-10(9)13/h3-6,11H,2,7-8H2,1H3. The van der Waals surface area contributed by atoms with Gasteiger partial charge in [0, 0.05) is 0 Å². The Balaban J connectivity index is 1.90. The zero-order valence-corrected chi connectivity index (χ0v) is 9.64. The third kappa shape index (κ3) is 1.56. The lowest BCUT2D eigenvalue weighted by atomic mass is 9.90. The lowest BCUT2D eigenvalue weighted by molar-refractivity contribution is -0.144. The predicted molar refractivity (Wildman–Crippen MR) is 59.3 cm³/mol. The van der Waals surface area contributed by atoms with E-state index in [0.717, 1.165) is 11.1 Å². The smallest absolute Gasteiger partial charge is 0.338 e. The number of carbonyl (C=O) groups is 1. The molecule has 0 saturated carbocycles. The second-order valence-electron chi connectivity index (χ2n) is 4.29. The highest BCUT2D eigenvalue weighted by Gasteiger charge is 2.64. The van der Waals surface area contributed by atoms with Crippen LogP contribution in [-0.4, -0.2) is 25.3 Å². The summed E-state index contributed by atoms with van der Waals surface area (Å²) in [5.74, 6) is -0.298. The van der Waals surface area contributed by atoms with Gasteiger partial charge in [0.1, 0.15) is 0 Å². The molecule has 17 heavy (non-hydrogen) atoms. The number of benzene rings is 1. The van der Waals surface area contributed by atoms with E-state index in [9.17, 15) is 4.79 Å². The molecule has 0 N–H and O–H groups in total. The van der Waals surface area contributed by atoms with Crippen LogP contribution in [0.15, 0.2) is 24.3 Å². The van der Waals surface area contributed by atoms with Gasteiger partial charge in [0.15, 0.2) is 11.7 Å². The molecule has 2 aliphatic heterocycles. The van der Waals surface area contributed by atoms with E-state index in [-0.39, 0.29) is 5.97 Å². The molecule has 0 aromatic heterocycles. The number of epoxide rings is 1. The molecule has 4 heteroatoms. The highest BCUT2D eigenvalue weighted by atomic mass is 16.7. The molecule has 0 bridgehead atoms. The first-order valence-corrected chi connectivity index (χ1v) is 5.78. The van der Waals surface area contributed by atoms with Crippen molar-refractivity contribution in [3.8, 4) is 0 Å². The zero-order valence-electron chi connectivity index (χ0n) is 9.64. The average Bonchev–Trinajstić information content (AvgIpc) is 3.06. The van der Waals surface area contributed by atoms with Crippen molar-refractivity contribution < 1.29 is 19.0 Å². The molecule has 1 aromatic carbocycles. The Labute approximate surface area is 99.5 Å². The molecule has 2 aliphatic rings. The molecule has 1 saturated heterocycles. The summed E-state index contributed by atoms with van der Waals surface area (Å²) in [6, 6.07) is 7.91. The Kier molecular flexibility index (Phi) is 2.42. The van der Waals surface area contributed by atoms with Gasteiger partial charge < -0.3 is 14.2 Å². The van der Waals surface area contributed by atoms with E-state index in [0.29, 0.717) is 19.8 Å². The molecule has 0 amide bonds. The SMILES string of the molecule is CCOC(=O)C1OC12COCc1ccccc12. The summed E-state index contributed by atoms with van der Waals surface area (Å²) in [6.07, 6.45) is -0.510. The number of esters is 1. The second-order valence-corrected chi connectivity index (χ2v) is 4.29. The maximum Gasteiger partial charge on any atom is 0.338 e. The average molecular weight is 234 g/mol. The van der Waals surface area contributed by atoms with Gasteiger partial charge in [-0.05, 0) is 18.1 Å². The summed E-state index contributed by atoms with van der Waals surface area (Å²) in [7, 11) is 0. The van der Waals surface area contributed by atoms with Crippen molar-refractivity contribution in [2.45, 2.75) is 25.2 Å². The number of fused-ring (bicyclic) bond motifs is 2. The summed E-state index contributed by atoms with van der Waals surface area (Å²) >= 11 is 0. The monoisotopic (exact) mass is 234 g/mol. The fraction of sp³-hybridized carbons (Fsp3) is 0.462. The van der Waals surface area contributed by atoms with Crippen molar-refractivity contribution in [1.29, 1.82) is 0 Å². The van der Waals surface area contributed by atoms with Crippen LogP contribution in [-0.2, 0) is 31.2 Å². The van der Waals surface area contributed by atoms with Crippen LogP contribution in [0.5, 0.6) is 0 Å². The second kappa shape index (κ2) is 3.82. The molecule has 1 aromatic rings. The van der Waals surface area contributed by atoms with Crippen LogP contribution in [0, 0.1) is 0 Å². The zero-order chi connectivity index (χ0) is 11.9. The molecule has 1 spiro atoms. The molecule has 2 atom stereocenters. The minimum atomic E-state index is -0.596. The van der Waals surface area contributed by atoms with Gasteiger partial charge in [-0.15, -0.1) is 0 Å². The topological polar surface area (TPSA) is 48.1 Å². The van der Waals surface area contributed by atoms with Crippen LogP contribution < -0.4 is 0 Å². The number of rotatable bonds is 2. The maximum absolute atomic E-state index is 11.7. The van der Waals surface area contributed by atoms with Crippen LogP contribution in [0.1, 0.15) is 18.1 Å². The van der Waals surface area contributed by atoms with E-state index >= 15 is 0 Å². The number of carbonyl (C=O) groups excluding carboxylic acids is 1. The van der Waals surface area contributed by atoms with Gasteiger partial charge in [0.05, 0.1) is 19.8 Å². The van der Waals surface area contributed by atoms with Crippen molar-refractivity contribution >= 4 is 5.97 Å². The third-order valence-electron chi connectivity index (χ3n) is 3.24. The van der Waals surface area contributed by atoms with Crippen LogP contribution >= 0.6 is 0 Å². The van der Waals surface area contributed by atoms with Gasteiger partial charge in [-0.3, -0.25) is 0 Å². The van der Waals surface area contributed by atoms with Gasteiger partial charge in [-0.25, -0.2) is 4.79 Å². The number of hydrogen-bond donors (Lipinski definition) is 0. The molecule has 0 aliphatic carbocycles. The van der Waals surface area contributed by atoms with E-state index in [1.54, 1.807) is 6.92 Å². The Morgan fingerprint density at radius 3 is 3.18 bits per heavy atom. The van der Waals surface area contributed by atoms with Gasteiger partial charge in [0.25, 0.3) is 0 Å². The minimum absolute atomic E-state index is 0.298. The largest absolute Gasteiger partial charge is 0.464 e. The molecule has 1 fully saturated rings. The van der Waals surface area contributed by atoms with Crippen molar-refractivity contribution in [2.24, 2.45) is 0 Å². The Morgan fingerprint density at radius 2 is 2.35 bits per heavy atom. The first-order chi connectivity index (χ1) is 8.28. The van der Waals surface area contributed by atoms with Crippen molar-refractivity contribution in [2.75, 3.05) is 13.2 Å². The first kappa shape index (κ1) is 10.7. The molecule has 4 nitrogen and oxygen atoms in total. The molecule has 90 valence electrons. The van der Waals surface area contributed by atoms with Crippen molar-refractivity contribution in [3.05, 3.63) is 35.4 Å². The minimum Gasteiger partial charge on any atom is -0.464 e. The van der Waals surface area contributed by atoms with Gasteiger partial charge in [-0.1, -0.05) is 24.3 Å². The van der Waals surface area contributed by atoms with Crippen LogP contribution in [0.3, 0.4) is 0 Å². The van der Waals surface area contributed by atoms with E-state index in [4.69, 9.17) is 14.2 Å². The fourth-order valence-electron chi connectivity index (χ4n) is 2.40. The first-order valence-electron chi connectivity index (χ1n) is 5.78. The number of ether oxygens (including phenoxy) is 3. The molecule has 3 rings (SSSR count). The molecular weight excluding hydrogens is 220 g/mol. The Morgan fingerprint density at radius 1 is 1.53 bits per heavy atom. The summed E-state index contributed by atoms with van der Waals surface area (Å²) in [5, 5.41) is 0. The van der Waals surface area contributed by atoms with Crippen molar-refractivity contribution in [1.82, 2.24) is 0 Å². The summed E-state index contributed by atoms with van der Waals surface area (Å²) < 4.78 is 16.1. The molecule has 2 unspecified atom stereocenters. The van der Waals surface area contributed by atoms with E-state index in [1.165, 1.54) is 0 Å². The predicted octanol–water partition coefficient (Wildman–Crippen LogP) is 1.37. The maximum atomic E-state index is 11.7. The van der Waals surface area contributed by atoms with Gasteiger partial charge in [-0.2, -0.15) is 0 Å². The molecule has 0 radical (unpaired) electrons. The molecular formula is C13H14O4. The van der Waals surface area contributed by atoms with E-state index in [1.807, 2.05) is 24.3 Å². The normalized spacial score (nSPS) is 29.8. The Bertz CT molecular complexity index is 456. The van der Waals surface area contributed by atoms with E-state index in [2.05, 4.69) is 0 Å². The molecule has 2 heterocycles. The lowest BCUT2D eigenvalue weighted by Gasteiger charge is -2.22. The van der Waals surface area contributed by atoms with Crippen LogP contribution in [0.4, 0.5) is 0 Å². The Hall–Kier alpha value is -1.39. The highest BCUT2D eigenvalue weighted by molar-refractivity contribution is 5.80. The summed E-state index contributed by atoms with van der Waals surface area (Å²) in [6.45, 7) is 3.17. The van der Waals surface area contributed by atoms with Crippen LogP contribution in [0.2, 0.25) is 0 Å². The highest BCUT2D eigenvalue weighted by Crippen LogP contribution is 2.50. The summed E-state index contributed by atoms with van der Waals surface area (Å²) in [4.78, 5) is 11.7. The van der Waals surface area contributed by atoms with Crippen molar-refractivity contribution in [3.63, 3.8) is 0 Å². The van der Waals surface area contributed by atoms with Gasteiger partial charge in [0.2, 0.25) is 0 Å². The third-order valence-corrected chi connectivity index (χ3v) is 3.24. The summed E-state index contributed by atoms with van der Waals surface area (Å²) in [5.41, 5.74) is 1.55. The fourth-order valence-corrected chi connectivity index (χ4v) is 2.40. The van der Waals surface area contributed by atoms with Gasteiger partial charge >= 0.3 is 5.97 Å². The lowest BCUT2D eigenvalue weighted by Crippen LogP contribution is -2.30. The number of hydrogen-bond acceptors (Lipinski definition) is 4. The van der Waals surface area contributed by atoms with Crippen LogP contribution in [0.25, 0.3) is 0 Å². The quantitative estimate of drug-likeness (QED) is 0.573. The van der Waals surface area contributed by atoms with E-state index < -0.39 is 11.7 Å².